The monoisotopic (exact) mass is 200 g/mol. The van der Waals surface area contributed by atoms with Gasteiger partial charge in [0, 0.05) is 11.1 Å². The van der Waals surface area contributed by atoms with Gasteiger partial charge in [-0.05, 0) is 6.92 Å². The lowest BCUT2D eigenvalue weighted by Crippen LogP contribution is -2.29. The summed E-state index contributed by atoms with van der Waals surface area (Å²) in [6.07, 6.45) is 0. The topological polar surface area (TPSA) is 79.3 Å². The van der Waals surface area contributed by atoms with Crippen LogP contribution in [0.15, 0.2) is 5.38 Å². The highest BCUT2D eigenvalue weighted by Gasteiger charge is 2.10. The molecule has 5 nitrogen and oxygen atoms in total. The van der Waals surface area contributed by atoms with Crippen molar-refractivity contribution in [1.29, 1.82) is 0 Å². The molecule has 0 spiro atoms. The molecular weight excluding hydrogens is 192 g/mol. The number of nitrogens with zero attached hydrogens (tertiary/aromatic N) is 1. The van der Waals surface area contributed by atoms with E-state index in [-0.39, 0.29) is 6.54 Å². The van der Waals surface area contributed by atoms with E-state index >= 15 is 0 Å². The molecule has 13 heavy (non-hydrogen) atoms. The lowest BCUT2D eigenvalue weighted by molar-refractivity contribution is -0.150. The molecule has 0 aromatic carbocycles. The van der Waals surface area contributed by atoms with Crippen LogP contribution in [0.3, 0.4) is 0 Å². The van der Waals surface area contributed by atoms with E-state index in [2.05, 4.69) is 10.3 Å². The van der Waals surface area contributed by atoms with Gasteiger partial charge in [0.25, 0.3) is 0 Å². The molecule has 0 radical (unpaired) electrons. The van der Waals surface area contributed by atoms with Crippen LogP contribution in [0.25, 0.3) is 0 Å². The molecule has 0 fully saturated rings. The molecule has 2 N–H and O–H groups in total. The maximum Gasteiger partial charge on any atom is 0.394 e. The minimum Gasteiger partial charge on any atom is -0.474 e. The van der Waals surface area contributed by atoms with Crippen molar-refractivity contribution in [3.05, 3.63) is 16.1 Å². The van der Waals surface area contributed by atoms with Crippen LogP contribution in [0.1, 0.15) is 10.7 Å². The highest BCUT2D eigenvalue weighted by atomic mass is 32.1. The maximum atomic E-state index is 10.6. The summed E-state index contributed by atoms with van der Waals surface area (Å²) in [5.74, 6) is -2.49. The Labute approximate surface area is 78.4 Å². The number of rotatable bonds is 2. The van der Waals surface area contributed by atoms with Crippen LogP contribution in [0.5, 0.6) is 0 Å². The summed E-state index contributed by atoms with van der Waals surface area (Å²) in [5.41, 5.74) is 0.865. The third kappa shape index (κ3) is 2.83. The van der Waals surface area contributed by atoms with Gasteiger partial charge in [0.05, 0.1) is 6.54 Å². The average molecular weight is 200 g/mol. The third-order valence-electron chi connectivity index (χ3n) is 1.26. The van der Waals surface area contributed by atoms with Crippen molar-refractivity contribution in [3.8, 4) is 0 Å². The number of carbonyl (C=O) groups excluding carboxylic acids is 1. The second kappa shape index (κ2) is 3.99. The quantitative estimate of drug-likeness (QED) is 0.666. The molecule has 0 aliphatic heterocycles. The van der Waals surface area contributed by atoms with Crippen LogP contribution >= 0.6 is 11.3 Å². The van der Waals surface area contributed by atoms with Crippen LogP contribution in [-0.2, 0) is 16.1 Å². The number of hydrogen-bond donors (Lipinski definition) is 2. The molecule has 0 unspecified atom stereocenters. The van der Waals surface area contributed by atoms with E-state index in [1.807, 2.05) is 12.3 Å². The smallest absolute Gasteiger partial charge is 0.394 e. The van der Waals surface area contributed by atoms with Crippen LogP contribution in [0, 0.1) is 6.92 Å². The fraction of sp³-hybridized carbons (Fsp3) is 0.286. The van der Waals surface area contributed by atoms with E-state index < -0.39 is 11.9 Å². The van der Waals surface area contributed by atoms with E-state index in [1.54, 1.807) is 0 Å². The average Bonchev–Trinajstić information content (AvgIpc) is 2.47. The fourth-order valence-electron chi connectivity index (χ4n) is 0.715. The predicted molar refractivity (Wildman–Crippen MR) is 46.3 cm³/mol. The number of aromatic nitrogens is 1. The largest absolute Gasteiger partial charge is 0.474 e. The molecule has 70 valence electrons. The molecule has 0 aliphatic rings. The molecule has 0 aliphatic carbocycles. The molecule has 1 aromatic heterocycles. The number of carboxylic acid groups (broad SMARTS) is 1. The zero-order chi connectivity index (χ0) is 9.84. The van der Waals surface area contributed by atoms with Gasteiger partial charge in [-0.25, -0.2) is 9.78 Å². The second-order valence-electron chi connectivity index (χ2n) is 2.37. The molecule has 0 atom stereocenters. The molecule has 0 bridgehead atoms. The Morgan fingerprint density at radius 3 is 2.85 bits per heavy atom. The van der Waals surface area contributed by atoms with Gasteiger partial charge < -0.3 is 10.4 Å². The van der Waals surface area contributed by atoms with E-state index in [9.17, 15) is 9.59 Å². The second-order valence-corrected chi connectivity index (χ2v) is 3.31. The van der Waals surface area contributed by atoms with E-state index in [0.29, 0.717) is 5.01 Å². The summed E-state index contributed by atoms with van der Waals surface area (Å²) < 4.78 is 0. The predicted octanol–water partition coefficient (Wildman–Crippen LogP) is 0.152. The van der Waals surface area contributed by atoms with Gasteiger partial charge in [-0.2, -0.15) is 0 Å². The molecule has 1 aromatic rings. The number of thiazole rings is 1. The third-order valence-corrected chi connectivity index (χ3v) is 2.23. The summed E-state index contributed by atoms with van der Waals surface area (Å²) in [4.78, 5) is 24.7. The lowest BCUT2D eigenvalue weighted by atomic mass is 10.5. The fourth-order valence-corrected chi connectivity index (χ4v) is 1.43. The summed E-state index contributed by atoms with van der Waals surface area (Å²) in [6.45, 7) is 2.00. The van der Waals surface area contributed by atoms with Gasteiger partial charge >= 0.3 is 11.9 Å². The molecule has 1 amide bonds. The first-order valence-corrected chi connectivity index (χ1v) is 4.39. The minimum atomic E-state index is -1.48. The van der Waals surface area contributed by atoms with Gasteiger partial charge in [0.1, 0.15) is 5.01 Å². The van der Waals surface area contributed by atoms with Crippen molar-refractivity contribution in [1.82, 2.24) is 10.3 Å². The molecule has 1 heterocycles. The first kappa shape index (κ1) is 9.66. The Hall–Kier alpha value is -1.43. The zero-order valence-corrected chi connectivity index (χ0v) is 7.72. The number of aliphatic carboxylic acids is 1. The first-order chi connectivity index (χ1) is 6.09. The first-order valence-electron chi connectivity index (χ1n) is 3.51. The number of nitrogens with one attached hydrogen (secondary N) is 1. The van der Waals surface area contributed by atoms with Crippen molar-refractivity contribution >= 4 is 23.2 Å². The van der Waals surface area contributed by atoms with E-state index in [1.165, 1.54) is 11.3 Å². The van der Waals surface area contributed by atoms with Gasteiger partial charge in [0.15, 0.2) is 0 Å². The van der Waals surface area contributed by atoms with Crippen LogP contribution < -0.4 is 5.32 Å². The standard InChI is InChI=1S/C7H8N2O3S/c1-4-3-13-5(9-4)2-8-6(10)7(11)12/h3H,2H2,1H3,(H,8,10)(H,11,12). The highest BCUT2D eigenvalue weighted by Crippen LogP contribution is 2.07. The summed E-state index contributed by atoms with van der Waals surface area (Å²) in [7, 11) is 0. The van der Waals surface area contributed by atoms with E-state index in [4.69, 9.17) is 5.11 Å². The molecule has 0 saturated heterocycles. The minimum absolute atomic E-state index is 0.170. The van der Waals surface area contributed by atoms with Gasteiger partial charge in [-0.1, -0.05) is 0 Å². The van der Waals surface area contributed by atoms with Gasteiger partial charge in [0.2, 0.25) is 0 Å². The number of hydrogen-bond acceptors (Lipinski definition) is 4. The van der Waals surface area contributed by atoms with Crippen molar-refractivity contribution in [3.63, 3.8) is 0 Å². The SMILES string of the molecule is Cc1csc(CNC(=O)C(=O)O)n1. The Bertz CT molecular complexity index is 334. The number of amides is 1. The van der Waals surface area contributed by atoms with Crippen LogP contribution in [-0.4, -0.2) is 22.0 Å². The van der Waals surface area contributed by atoms with Crippen molar-refractivity contribution in [2.45, 2.75) is 13.5 Å². The van der Waals surface area contributed by atoms with E-state index in [0.717, 1.165) is 5.69 Å². The lowest BCUT2D eigenvalue weighted by Gasteiger charge is -1.96. The summed E-state index contributed by atoms with van der Waals surface area (Å²) in [5, 5.41) is 13.0. The summed E-state index contributed by atoms with van der Waals surface area (Å²) >= 11 is 1.38. The Balaban J connectivity index is 2.44. The van der Waals surface area contributed by atoms with Crippen LogP contribution in [0.4, 0.5) is 0 Å². The van der Waals surface area contributed by atoms with Crippen molar-refractivity contribution in [2.75, 3.05) is 0 Å². The number of carbonyl (C=O) groups is 2. The van der Waals surface area contributed by atoms with Crippen molar-refractivity contribution < 1.29 is 14.7 Å². The number of carboxylic acids is 1. The Morgan fingerprint density at radius 2 is 2.38 bits per heavy atom. The molecular formula is C7H8N2O3S. The Morgan fingerprint density at radius 1 is 1.69 bits per heavy atom. The molecule has 6 heteroatoms. The van der Waals surface area contributed by atoms with Crippen LogP contribution in [0.2, 0.25) is 0 Å². The summed E-state index contributed by atoms with van der Waals surface area (Å²) in [6, 6.07) is 0. The van der Waals surface area contributed by atoms with Gasteiger partial charge in [-0.15, -0.1) is 11.3 Å². The van der Waals surface area contributed by atoms with Crippen molar-refractivity contribution in [2.24, 2.45) is 0 Å². The maximum absolute atomic E-state index is 10.6. The highest BCUT2D eigenvalue weighted by molar-refractivity contribution is 7.09. The molecule has 1 rings (SSSR count). The molecule has 0 saturated carbocycles. The zero-order valence-electron chi connectivity index (χ0n) is 6.90. The normalized spacial score (nSPS) is 9.62. The van der Waals surface area contributed by atoms with Gasteiger partial charge in [-0.3, -0.25) is 4.79 Å². The Kier molecular flexibility index (Phi) is 2.97. The number of aryl methyl sites for hydroxylation is 1.